The van der Waals surface area contributed by atoms with E-state index in [1.165, 1.54) is 6.92 Å². The van der Waals surface area contributed by atoms with Crippen LogP contribution in [-0.4, -0.2) is 58.9 Å². The van der Waals surface area contributed by atoms with Gasteiger partial charge in [0.05, 0.1) is 6.04 Å². The molecule has 5 atom stereocenters. The lowest BCUT2D eigenvalue weighted by Crippen LogP contribution is -2.57. The van der Waals surface area contributed by atoms with E-state index in [1.54, 1.807) is 13.8 Å². The fourth-order valence-electron chi connectivity index (χ4n) is 2.79. The summed E-state index contributed by atoms with van der Waals surface area (Å²) in [4.78, 5) is 59.9. The summed E-state index contributed by atoms with van der Waals surface area (Å²) in [6.07, 6.45) is 0.713. The number of amides is 4. The van der Waals surface area contributed by atoms with Crippen LogP contribution < -0.4 is 27.4 Å². The Morgan fingerprint density at radius 1 is 0.903 bits per heavy atom. The first-order chi connectivity index (χ1) is 14.3. The molecule has 8 N–H and O–H groups in total. The molecule has 0 radical (unpaired) electrons. The minimum absolute atomic E-state index is 0.0692. The number of carbonyl (C=O) groups is 5. The fraction of sp³-hybridized carbons (Fsp3) is 0.750. The van der Waals surface area contributed by atoms with Crippen molar-refractivity contribution in [2.75, 3.05) is 0 Å². The molecule has 0 aromatic carbocycles. The number of carboxylic acid groups (broad SMARTS) is 1. The topological polar surface area (TPSA) is 194 Å². The second-order valence-electron chi connectivity index (χ2n) is 8.24. The summed E-state index contributed by atoms with van der Waals surface area (Å²) in [5.41, 5.74) is 11.0. The molecule has 178 valence electrons. The SMILES string of the molecule is CCC(C)C(NC(=O)C(C)NC(=O)C(CCC(N)=O)NC(=O)C(N)CC(C)C)C(=O)O. The zero-order valence-electron chi connectivity index (χ0n) is 18.9. The smallest absolute Gasteiger partial charge is 0.326 e. The number of carbonyl (C=O) groups excluding carboxylic acids is 4. The first kappa shape index (κ1) is 28.3. The van der Waals surface area contributed by atoms with Crippen molar-refractivity contribution in [3.63, 3.8) is 0 Å². The Morgan fingerprint density at radius 3 is 1.94 bits per heavy atom. The minimum atomic E-state index is -1.17. The van der Waals surface area contributed by atoms with Crippen LogP contribution in [0.3, 0.4) is 0 Å². The van der Waals surface area contributed by atoms with Gasteiger partial charge in [-0.05, 0) is 31.6 Å². The van der Waals surface area contributed by atoms with Gasteiger partial charge in [-0.15, -0.1) is 0 Å². The number of hydrogen-bond acceptors (Lipinski definition) is 6. The molecule has 0 aliphatic rings. The monoisotopic (exact) mass is 443 g/mol. The molecular weight excluding hydrogens is 406 g/mol. The average molecular weight is 444 g/mol. The zero-order valence-corrected chi connectivity index (χ0v) is 18.9. The van der Waals surface area contributed by atoms with Crippen LogP contribution in [0.4, 0.5) is 0 Å². The lowest BCUT2D eigenvalue weighted by atomic mass is 9.99. The Kier molecular flexibility index (Phi) is 12.4. The molecule has 11 nitrogen and oxygen atoms in total. The summed E-state index contributed by atoms with van der Waals surface area (Å²) in [5, 5.41) is 16.6. The highest BCUT2D eigenvalue weighted by molar-refractivity contribution is 5.94. The van der Waals surface area contributed by atoms with E-state index in [0.717, 1.165) is 0 Å². The number of nitrogens with two attached hydrogens (primary N) is 2. The maximum absolute atomic E-state index is 12.6. The average Bonchev–Trinajstić information content (AvgIpc) is 2.66. The Balaban J connectivity index is 5.17. The molecule has 5 unspecified atom stereocenters. The molecule has 0 bridgehead atoms. The van der Waals surface area contributed by atoms with E-state index in [1.807, 2.05) is 13.8 Å². The molecule has 0 aromatic rings. The highest BCUT2D eigenvalue weighted by Gasteiger charge is 2.30. The molecule has 0 heterocycles. The van der Waals surface area contributed by atoms with Gasteiger partial charge in [0.1, 0.15) is 18.1 Å². The van der Waals surface area contributed by atoms with Crippen molar-refractivity contribution in [1.82, 2.24) is 16.0 Å². The Hall–Kier alpha value is -2.69. The van der Waals surface area contributed by atoms with Gasteiger partial charge in [-0.25, -0.2) is 4.79 Å². The lowest BCUT2D eigenvalue weighted by molar-refractivity contribution is -0.143. The van der Waals surface area contributed by atoms with E-state index in [4.69, 9.17) is 11.5 Å². The molecule has 0 fully saturated rings. The molecule has 0 aliphatic carbocycles. The number of nitrogens with one attached hydrogen (secondary N) is 3. The highest BCUT2D eigenvalue weighted by atomic mass is 16.4. The van der Waals surface area contributed by atoms with Crippen molar-refractivity contribution in [3.8, 4) is 0 Å². The van der Waals surface area contributed by atoms with Gasteiger partial charge in [0.25, 0.3) is 0 Å². The summed E-state index contributed by atoms with van der Waals surface area (Å²) in [5.74, 6) is -3.92. The van der Waals surface area contributed by atoms with Crippen molar-refractivity contribution < 1.29 is 29.1 Å². The first-order valence-corrected chi connectivity index (χ1v) is 10.5. The van der Waals surface area contributed by atoms with Crippen molar-refractivity contribution in [2.45, 2.75) is 84.5 Å². The van der Waals surface area contributed by atoms with Crippen molar-refractivity contribution >= 4 is 29.6 Å². The third-order valence-electron chi connectivity index (χ3n) is 4.90. The maximum atomic E-state index is 12.6. The Bertz CT molecular complexity index is 654. The summed E-state index contributed by atoms with van der Waals surface area (Å²) in [6.45, 7) is 8.68. The van der Waals surface area contributed by atoms with Gasteiger partial charge in [0, 0.05) is 6.42 Å². The minimum Gasteiger partial charge on any atom is -0.480 e. The normalized spacial score (nSPS) is 15.8. The third-order valence-corrected chi connectivity index (χ3v) is 4.90. The Labute approximate surface area is 183 Å². The van der Waals surface area contributed by atoms with E-state index in [-0.39, 0.29) is 24.7 Å². The second kappa shape index (κ2) is 13.6. The van der Waals surface area contributed by atoms with E-state index >= 15 is 0 Å². The first-order valence-electron chi connectivity index (χ1n) is 10.5. The van der Waals surface area contributed by atoms with Gasteiger partial charge >= 0.3 is 5.97 Å². The molecule has 31 heavy (non-hydrogen) atoms. The van der Waals surface area contributed by atoms with Gasteiger partial charge in [-0.1, -0.05) is 34.1 Å². The predicted molar refractivity (Wildman–Crippen MR) is 114 cm³/mol. The van der Waals surface area contributed by atoms with Gasteiger partial charge in [0.15, 0.2) is 0 Å². The fourth-order valence-corrected chi connectivity index (χ4v) is 2.79. The van der Waals surface area contributed by atoms with Gasteiger partial charge in [-0.3, -0.25) is 19.2 Å². The summed E-state index contributed by atoms with van der Waals surface area (Å²) in [6, 6.07) is -4.14. The van der Waals surface area contributed by atoms with Crippen LogP contribution >= 0.6 is 0 Å². The molecule has 0 aliphatic heterocycles. The quantitative estimate of drug-likeness (QED) is 0.203. The number of rotatable bonds is 14. The maximum Gasteiger partial charge on any atom is 0.326 e. The van der Waals surface area contributed by atoms with Crippen molar-refractivity contribution in [1.29, 1.82) is 0 Å². The van der Waals surface area contributed by atoms with Crippen LogP contribution in [0.5, 0.6) is 0 Å². The van der Waals surface area contributed by atoms with Crippen LogP contribution in [0.25, 0.3) is 0 Å². The van der Waals surface area contributed by atoms with E-state index in [2.05, 4.69) is 16.0 Å². The highest BCUT2D eigenvalue weighted by Crippen LogP contribution is 2.09. The number of hydrogen-bond donors (Lipinski definition) is 6. The molecule has 0 saturated heterocycles. The third kappa shape index (κ3) is 10.8. The number of aliphatic carboxylic acids is 1. The standard InChI is InChI=1S/C20H37N5O6/c1-6-11(4)16(20(30)31)25-17(27)12(5)23-19(29)14(7-8-15(22)26)24-18(28)13(21)9-10(2)3/h10-14,16H,6-9,21H2,1-5H3,(H2,22,26)(H,23,29)(H,24,28)(H,25,27)(H,30,31). The predicted octanol–water partition coefficient (Wildman–Crippen LogP) is -0.770. The van der Waals surface area contributed by atoms with E-state index in [9.17, 15) is 29.1 Å². The summed E-state index contributed by atoms with van der Waals surface area (Å²) >= 11 is 0. The molecule has 0 spiro atoms. The zero-order chi connectivity index (χ0) is 24.3. The van der Waals surface area contributed by atoms with Gasteiger partial charge in [-0.2, -0.15) is 0 Å². The molecule has 0 rings (SSSR count). The largest absolute Gasteiger partial charge is 0.480 e. The van der Waals surface area contributed by atoms with E-state index < -0.39 is 53.8 Å². The molecule has 0 saturated carbocycles. The lowest BCUT2D eigenvalue weighted by Gasteiger charge is -2.25. The van der Waals surface area contributed by atoms with Crippen molar-refractivity contribution in [3.05, 3.63) is 0 Å². The molecule has 0 aromatic heterocycles. The summed E-state index contributed by atoms with van der Waals surface area (Å²) < 4.78 is 0. The second-order valence-corrected chi connectivity index (χ2v) is 8.24. The van der Waals surface area contributed by atoms with Crippen LogP contribution in [0.2, 0.25) is 0 Å². The van der Waals surface area contributed by atoms with Gasteiger partial charge < -0.3 is 32.5 Å². The molecular formula is C20H37N5O6. The molecule has 11 heteroatoms. The Morgan fingerprint density at radius 2 is 1.48 bits per heavy atom. The van der Waals surface area contributed by atoms with Crippen molar-refractivity contribution in [2.24, 2.45) is 23.3 Å². The number of primary amides is 1. The van der Waals surface area contributed by atoms with Crippen LogP contribution in [0, 0.1) is 11.8 Å². The summed E-state index contributed by atoms with van der Waals surface area (Å²) in [7, 11) is 0. The number of carboxylic acids is 1. The van der Waals surface area contributed by atoms with E-state index in [0.29, 0.717) is 12.8 Å². The molecule has 4 amide bonds. The van der Waals surface area contributed by atoms with Crippen LogP contribution in [0.1, 0.15) is 60.3 Å². The van der Waals surface area contributed by atoms with Gasteiger partial charge in [0.2, 0.25) is 23.6 Å². The van der Waals surface area contributed by atoms with Crippen LogP contribution in [0.15, 0.2) is 0 Å². The van der Waals surface area contributed by atoms with Crippen LogP contribution in [-0.2, 0) is 24.0 Å².